The summed E-state index contributed by atoms with van der Waals surface area (Å²) in [5, 5.41) is 1.31. The molecule has 2 aromatic heterocycles. The fraction of sp³-hybridized carbons (Fsp3) is 0.524. The summed E-state index contributed by atoms with van der Waals surface area (Å²) in [6.45, 7) is 11.4. The second kappa shape index (κ2) is 4.66. The Morgan fingerprint density at radius 2 is 1.78 bits per heavy atom. The van der Waals surface area contributed by atoms with Gasteiger partial charge in [0.1, 0.15) is 0 Å². The molecule has 2 nitrogen and oxygen atoms in total. The predicted molar refractivity (Wildman–Crippen MR) is 96.7 cm³/mol. The van der Waals surface area contributed by atoms with Gasteiger partial charge in [-0.25, -0.2) is 0 Å². The van der Waals surface area contributed by atoms with Crippen LogP contribution in [0.3, 0.4) is 0 Å². The minimum absolute atomic E-state index is 0.0675. The molecule has 2 aliphatic rings. The summed E-state index contributed by atoms with van der Waals surface area (Å²) in [6, 6.07) is 4.49. The van der Waals surface area contributed by atoms with Crippen LogP contribution in [0.4, 0.5) is 0 Å². The van der Waals surface area contributed by atoms with Crippen LogP contribution in [0, 0.1) is 0 Å². The number of allylic oxidation sites excluding steroid dienone is 2. The Morgan fingerprint density at radius 3 is 2.43 bits per heavy atom. The highest BCUT2D eigenvalue weighted by molar-refractivity contribution is 5.97. The molecule has 0 unspecified atom stereocenters. The zero-order valence-electron chi connectivity index (χ0n) is 15.0. The molecule has 1 fully saturated rings. The van der Waals surface area contributed by atoms with Crippen molar-refractivity contribution in [2.45, 2.75) is 71.1 Å². The minimum atomic E-state index is 0.0675. The zero-order valence-corrected chi connectivity index (χ0v) is 15.0. The number of aromatic nitrogens is 2. The highest BCUT2D eigenvalue weighted by Gasteiger charge is 2.43. The minimum Gasteiger partial charge on any atom is -0.256 e. The number of nitrogens with zero attached hydrogens (tertiary/aromatic N) is 2. The lowest BCUT2D eigenvalue weighted by Crippen LogP contribution is -2.29. The first-order valence-electron chi connectivity index (χ1n) is 8.84. The Morgan fingerprint density at radius 1 is 1.09 bits per heavy atom. The molecule has 0 radical (unpaired) electrons. The van der Waals surface area contributed by atoms with Gasteiger partial charge in [0.25, 0.3) is 0 Å². The first-order chi connectivity index (χ1) is 10.8. The molecule has 2 heteroatoms. The van der Waals surface area contributed by atoms with Crippen LogP contribution < -0.4 is 0 Å². The van der Waals surface area contributed by atoms with Gasteiger partial charge in [-0.05, 0) is 50.0 Å². The van der Waals surface area contributed by atoms with E-state index in [0.29, 0.717) is 0 Å². The molecule has 0 aliphatic heterocycles. The van der Waals surface area contributed by atoms with Gasteiger partial charge < -0.3 is 0 Å². The van der Waals surface area contributed by atoms with Crippen molar-refractivity contribution >= 4 is 16.5 Å². The molecule has 1 spiro atoms. The van der Waals surface area contributed by atoms with Gasteiger partial charge in [-0.1, -0.05) is 39.2 Å². The maximum absolute atomic E-state index is 5.00. The van der Waals surface area contributed by atoms with Crippen molar-refractivity contribution in [1.82, 2.24) is 9.97 Å². The highest BCUT2D eigenvalue weighted by atomic mass is 14.8. The predicted octanol–water partition coefficient (Wildman–Crippen LogP) is 5.55. The van der Waals surface area contributed by atoms with Crippen LogP contribution in [0.5, 0.6) is 0 Å². The van der Waals surface area contributed by atoms with Gasteiger partial charge in [-0.15, -0.1) is 0 Å². The summed E-state index contributed by atoms with van der Waals surface area (Å²) in [7, 11) is 0. The van der Waals surface area contributed by atoms with E-state index >= 15 is 0 Å². The molecular weight excluding hydrogens is 280 g/mol. The van der Waals surface area contributed by atoms with Gasteiger partial charge in [-0.3, -0.25) is 9.97 Å². The van der Waals surface area contributed by atoms with Crippen LogP contribution >= 0.6 is 0 Å². The van der Waals surface area contributed by atoms with Crippen LogP contribution in [-0.2, 0) is 10.8 Å². The highest BCUT2D eigenvalue weighted by Crippen LogP contribution is 2.54. The van der Waals surface area contributed by atoms with Crippen LogP contribution in [0.15, 0.2) is 23.9 Å². The molecule has 2 heterocycles. The second-order valence-electron chi connectivity index (χ2n) is 8.40. The largest absolute Gasteiger partial charge is 0.256 e. The van der Waals surface area contributed by atoms with Gasteiger partial charge in [-0.2, -0.15) is 0 Å². The van der Waals surface area contributed by atoms with E-state index in [4.69, 9.17) is 9.97 Å². The number of hydrogen-bond donors (Lipinski definition) is 0. The third-order valence-corrected chi connectivity index (χ3v) is 6.10. The van der Waals surface area contributed by atoms with Gasteiger partial charge >= 0.3 is 0 Å². The van der Waals surface area contributed by atoms with Crippen molar-refractivity contribution in [2.75, 3.05) is 0 Å². The fourth-order valence-corrected chi connectivity index (χ4v) is 4.59. The Bertz CT molecular complexity index is 831. The van der Waals surface area contributed by atoms with Gasteiger partial charge in [0.2, 0.25) is 0 Å². The number of fused-ring (bicyclic) bond motifs is 1. The molecule has 120 valence electrons. The standard InChI is InChI=1S/C21H26N2/c1-13-14(2)21(9-6-7-10-21)15-12-17(20(3,4)5)23-16-8-11-22-19(13)18(15)16/h8,11-12H,6-7,9-10H2,1-5H3. The molecule has 0 atom stereocenters. The van der Waals surface area contributed by atoms with Crippen LogP contribution in [0.1, 0.15) is 77.3 Å². The Kier molecular flexibility index (Phi) is 3.01. The topological polar surface area (TPSA) is 25.8 Å². The fourth-order valence-electron chi connectivity index (χ4n) is 4.59. The zero-order chi connectivity index (χ0) is 16.4. The summed E-state index contributed by atoms with van der Waals surface area (Å²) in [4.78, 5) is 9.72. The SMILES string of the molecule is CC1=C(C)C2(CCCC2)c2cc(C(C)(C)C)nc3ccnc1c23. The summed E-state index contributed by atoms with van der Waals surface area (Å²) in [5.74, 6) is 0. The van der Waals surface area contributed by atoms with E-state index in [9.17, 15) is 0 Å². The third kappa shape index (κ3) is 1.93. The maximum atomic E-state index is 5.00. The molecule has 4 rings (SSSR count). The Labute approximate surface area is 139 Å². The molecule has 2 aliphatic carbocycles. The summed E-state index contributed by atoms with van der Waals surface area (Å²) < 4.78 is 0. The molecule has 0 N–H and O–H groups in total. The quantitative estimate of drug-likeness (QED) is 0.638. The smallest absolute Gasteiger partial charge is 0.0755 e. The van der Waals surface area contributed by atoms with Crippen molar-refractivity contribution in [3.05, 3.63) is 40.9 Å². The first kappa shape index (κ1) is 14.9. The number of pyridine rings is 2. The van der Waals surface area contributed by atoms with Crippen molar-refractivity contribution in [3.63, 3.8) is 0 Å². The van der Waals surface area contributed by atoms with E-state index in [1.54, 1.807) is 0 Å². The van der Waals surface area contributed by atoms with Crippen molar-refractivity contribution in [2.24, 2.45) is 0 Å². The van der Waals surface area contributed by atoms with Crippen LogP contribution in [0.2, 0.25) is 0 Å². The molecule has 1 saturated carbocycles. The van der Waals surface area contributed by atoms with E-state index in [2.05, 4.69) is 46.8 Å². The maximum Gasteiger partial charge on any atom is 0.0755 e. The lowest BCUT2D eigenvalue weighted by atomic mass is 9.66. The lowest BCUT2D eigenvalue weighted by molar-refractivity contribution is 0.516. The average molecular weight is 306 g/mol. The lowest BCUT2D eigenvalue weighted by Gasteiger charge is -2.38. The van der Waals surface area contributed by atoms with E-state index < -0.39 is 0 Å². The Balaban J connectivity index is 2.14. The summed E-state index contributed by atoms with van der Waals surface area (Å²) in [5.41, 5.74) is 8.17. The van der Waals surface area contributed by atoms with Crippen molar-refractivity contribution < 1.29 is 0 Å². The number of rotatable bonds is 0. The van der Waals surface area contributed by atoms with Crippen LogP contribution in [0.25, 0.3) is 16.5 Å². The third-order valence-electron chi connectivity index (χ3n) is 6.10. The number of hydrogen-bond acceptors (Lipinski definition) is 2. The second-order valence-corrected chi connectivity index (χ2v) is 8.40. The summed E-state index contributed by atoms with van der Waals surface area (Å²) in [6.07, 6.45) is 7.12. The van der Waals surface area contributed by atoms with E-state index in [-0.39, 0.29) is 10.8 Å². The molecule has 0 aromatic carbocycles. The van der Waals surface area contributed by atoms with E-state index in [1.165, 1.54) is 53.5 Å². The molecule has 0 bridgehead atoms. The van der Waals surface area contributed by atoms with Crippen LogP contribution in [-0.4, -0.2) is 9.97 Å². The Hall–Kier alpha value is -1.70. The summed E-state index contributed by atoms with van der Waals surface area (Å²) >= 11 is 0. The monoisotopic (exact) mass is 306 g/mol. The van der Waals surface area contributed by atoms with E-state index in [1.807, 2.05) is 6.20 Å². The van der Waals surface area contributed by atoms with Gasteiger partial charge in [0.05, 0.1) is 11.2 Å². The molecular formula is C21H26N2. The van der Waals surface area contributed by atoms with Crippen molar-refractivity contribution in [1.29, 1.82) is 0 Å². The molecule has 2 aromatic rings. The molecule has 23 heavy (non-hydrogen) atoms. The average Bonchev–Trinajstić information content (AvgIpc) is 3.00. The molecule has 0 amide bonds. The van der Waals surface area contributed by atoms with Gasteiger partial charge in [0.15, 0.2) is 0 Å². The molecule has 0 saturated heterocycles. The normalized spacial score (nSPS) is 19.9. The van der Waals surface area contributed by atoms with Crippen molar-refractivity contribution in [3.8, 4) is 0 Å². The first-order valence-corrected chi connectivity index (χ1v) is 8.84. The van der Waals surface area contributed by atoms with Gasteiger partial charge in [0, 0.05) is 28.1 Å². The van der Waals surface area contributed by atoms with E-state index in [0.717, 1.165) is 11.2 Å².